The first kappa shape index (κ1) is 14.2. The summed E-state index contributed by atoms with van der Waals surface area (Å²) in [6.07, 6.45) is 1.88. The van der Waals surface area contributed by atoms with Crippen molar-refractivity contribution in [2.45, 2.75) is 32.7 Å². The molecule has 0 bridgehead atoms. The van der Waals surface area contributed by atoms with E-state index in [2.05, 4.69) is 33.9 Å². The summed E-state index contributed by atoms with van der Waals surface area (Å²) in [4.78, 5) is 24.3. The number of H-pyrrole nitrogens is 1. The van der Waals surface area contributed by atoms with E-state index in [4.69, 9.17) is 0 Å². The molecule has 19 heavy (non-hydrogen) atoms. The summed E-state index contributed by atoms with van der Waals surface area (Å²) in [6.45, 7) is 6.96. The highest BCUT2D eigenvalue weighted by atomic mass is 16.1. The van der Waals surface area contributed by atoms with Gasteiger partial charge in [0.1, 0.15) is 5.82 Å². The van der Waals surface area contributed by atoms with E-state index in [-0.39, 0.29) is 11.6 Å². The third-order valence-corrected chi connectivity index (χ3v) is 3.98. The number of aryl methyl sites for hydroxylation is 1. The van der Waals surface area contributed by atoms with Crippen LogP contribution >= 0.6 is 0 Å². The molecule has 0 aliphatic carbocycles. The van der Waals surface area contributed by atoms with Crippen molar-refractivity contribution in [1.82, 2.24) is 19.8 Å². The van der Waals surface area contributed by atoms with E-state index in [0.29, 0.717) is 0 Å². The Morgan fingerprint density at radius 2 is 2.11 bits per heavy atom. The molecule has 1 N–H and O–H groups in total. The number of aromatic amines is 1. The van der Waals surface area contributed by atoms with E-state index in [0.717, 1.165) is 49.6 Å². The van der Waals surface area contributed by atoms with Gasteiger partial charge in [0.25, 0.3) is 5.56 Å². The van der Waals surface area contributed by atoms with Crippen LogP contribution in [0.25, 0.3) is 0 Å². The molecule has 0 saturated carbocycles. The summed E-state index contributed by atoms with van der Waals surface area (Å²) >= 11 is 0. The van der Waals surface area contributed by atoms with Crippen molar-refractivity contribution in [1.29, 1.82) is 0 Å². The number of rotatable bonds is 2. The average molecular weight is 264 g/mol. The Balaban J connectivity index is 2.37. The summed E-state index contributed by atoms with van der Waals surface area (Å²) < 4.78 is 0. The SMILES string of the molecule is CCc1c(C)nc(C2CN(C)CCCN2C)[nH]c1=O. The van der Waals surface area contributed by atoms with Crippen LogP contribution in [0.15, 0.2) is 4.79 Å². The van der Waals surface area contributed by atoms with Crippen LogP contribution < -0.4 is 5.56 Å². The molecule has 1 atom stereocenters. The molecule has 0 aromatic carbocycles. The Labute approximate surface area is 114 Å². The van der Waals surface area contributed by atoms with Gasteiger partial charge in [-0.2, -0.15) is 0 Å². The highest BCUT2D eigenvalue weighted by Gasteiger charge is 2.24. The predicted molar refractivity (Wildman–Crippen MR) is 76.5 cm³/mol. The van der Waals surface area contributed by atoms with Gasteiger partial charge in [0.05, 0.1) is 6.04 Å². The average Bonchev–Trinajstić information content (AvgIpc) is 2.51. The number of nitrogens with zero attached hydrogens (tertiary/aromatic N) is 3. The smallest absolute Gasteiger partial charge is 0.254 e. The molecule has 5 nitrogen and oxygen atoms in total. The molecule has 1 aromatic heterocycles. The monoisotopic (exact) mass is 264 g/mol. The fraction of sp³-hybridized carbons (Fsp3) is 0.714. The van der Waals surface area contributed by atoms with Crippen LogP contribution in [-0.2, 0) is 6.42 Å². The largest absolute Gasteiger partial charge is 0.309 e. The van der Waals surface area contributed by atoms with Gasteiger partial charge in [-0.05, 0) is 47.0 Å². The molecule has 0 spiro atoms. The quantitative estimate of drug-likeness (QED) is 0.864. The molecule has 1 unspecified atom stereocenters. The minimum Gasteiger partial charge on any atom is -0.309 e. The van der Waals surface area contributed by atoms with Crippen LogP contribution in [0.1, 0.15) is 36.5 Å². The van der Waals surface area contributed by atoms with Gasteiger partial charge < -0.3 is 9.88 Å². The van der Waals surface area contributed by atoms with Crippen LogP contribution in [0.4, 0.5) is 0 Å². The van der Waals surface area contributed by atoms with Crippen molar-refractivity contribution < 1.29 is 0 Å². The first-order chi connectivity index (χ1) is 9.02. The van der Waals surface area contributed by atoms with Crippen LogP contribution in [0.3, 0.4) is 0 Å². The summed E-state index contributed by atoms with van der Waals surface area (Å²) in [5.41, 5.74) is 1.68. The minimum absolute atomic E-state index is 0.0188. The summed E-state index contributed by atoms with van der Waals surface area (Å²) in [5.74, 6) is 0.802. The van der Waals surface area contributed by atoms with Crippen molar-refractivity contribution in [2.75, 3.05) is 33.7 Å². The molecule has 1 aliphatic rings. The van der Waals surface area contributed by atoms with Crippen LogP contribution in [0.2, 0.25) is 0 Å². The van der Waals surface area contributed by atoms with Crippen molar-refractivity contribution >= 4 is 0 Å². The molecule has 0 radical (unpaired) electrons. The van der Waals surface area contributed by atoms with Gasteiger partial charge in [-0.25, -0.2) is 4.98 Å². The Morgan fingerprint density at radius 1 is 1.37 bits per heavy atom. The predicted octanol–water partition coefficient (Wildman–Crippen LogP) is 0.949. The second kappa shape index (κ2) is 5.84. The molecule has 1 fully saturated rings. The van der Waals surface area contributed by atoms with Crippen LogP contribution in [0.5, 0.6) is 0 Å². The summed E-state index contributed by atoms with van der Waals surface area (Å²) in [6, 6.07) is 0.171. The third-order valence-electron chi connectivity index (χ3n) is 3.98. The van der Waals surface area contributed by atoms with Crippen molar-refractivity contribution in [2.24, 2.45) is 0 Å². The molecule has 1 aromatic rings. The van der Waals surface area contributed by atoms with E-state index in [9.17, 15) is 4.79 Å². The molecule has 0 amide bonds. The van der Waals surface area contributed by atoms with E-state index in [1.807, 2.05) is 13.8 Å². The fourth-order valence-corrected chi connectivity index (χ4v) is 2.77. The maximum Gasteiger partial charge on any atom is 0.254 e. The Morgan fingerprint density at radius 3 is 2.74 bits per heavy atom. The van der Waals surface area contributed by atoms with Gasteiger partial charge in [-0.3, -0.25) is 9.69 Å². The zero-order chi connectivity index (χ0) is 14.0. The lowest BCUT2D eigenvalue weighted by Gasteiger charge is -2.26. The van der Waals surface area contributed by atoms with E-state index < -0.39 is 0 Å². The van der Waals surface area contributed by atoms with E-state index in [1.165, 1.54) is 0 Å². The summed E-state index contributed by atoms with van der Waals surface area (Å²) in [5, 5.41) is 0. The van der Waals surface area contributed by atoms with Gasteiger partial charge in [0.2, 0.25) is 0 Å². The van der Waals surface area contributed by atoms with Crippen LogP contribution in [0, 0.1) is 6.92 Å². The first-order valence-electron chi connectivity index (χ1n) is 7.01. The highest BCUT2D eigenvalue weighted by Crippen LogP contribution is 2.19. The number of hydrogen-bond acceptors (Lipinski definition) is 4. The number of hydrogen-bond donors (Lipinski definition) is 1. The zero-order valence-corrected chi connectivity index (χ0v) is 12.4. The summed E-state index contributed by atoms with van der Waals surface area (Å²) in [7, 11) is 4.23. The molecule has 2 heterocycles. The maximum atomic E-state index is 12.1. The fourth-order valence-electron chi connectivity index (χ4n) is 2.77. The van der Waals surface area contributed by atoms with E-state index in [1.54, 1.807) is 0 Å². The number of nitrogens with one attached hydrogen (secondary N) is 1. The lowest BCUT2D eigenvalue weighted by atomic mass is 10.1. The highest BCUT2D eigenvalue weighted by molar-refractivity contribution is 5.17. The molecular weight excluding hydrogens is 240 g/mol. The van der Waals surface area contributed by atoms with Crippen LogP contribution in [-0.4, -0.2) is 53.5 Å². The first-order valence-corrected chi connectivity index (χ1v) is 7.01. The van der Waals surface area contributed by atoms with Crippen molar-refractivity contribution in [3.8, 4) is 0 Å². The van der Waals surface area contributed by atoms with Gasteiger partial charge in [-0.1, -0.05) is 6.92 Å². The van der Waals surface area contributed by atoms with Gasteiger partial charge in [0.15, 0.2) is 0 Å². The van der Waals surface area contributed by atoms with Crippen molar-refractivity contribution in [3.63, 3.8) is 0 Å². The van der Waals surface area contributed by atoms with E-state index >= 15 is 0 Å². The van der Waals surface area contributed by atoms with Gasteiger partial charge >= 0.3 is 0 Å². The maximum absolute atomic E-state index is 12.1. The molecule has 1 aliphatic heterocycles. The second-order valence-corrected chi connectivity index (χ2v) is 5.48. The topological polar surface area (TPSA) is 52.2 Å². The number of likely N-dealkylation sites (N-methyl/N-ethyl adjacent to an activating group) is 2. The molecule has 2 rings (SSSR count). The second-order valence-electron chi connectivity index (χ2n) is 5.48. The lowest BCUT2D eigenvalue weighted by Crippen LogP contribution is -2.34. The minimum atomic E-state index is 0.0188. The lowest BCUT2D eigenvalue weighted by molar-refractivity contribution is 0.219. The molecule has 1 saturated heterocycles. The van der Waals surface area contributed by atoms with Gasteiger partial charge in [-0.15, -0.1) is 0 Å². The van der Waals surface area contributed by atoms with Gasteiger partial charge in [0, 0.05) is 17.8 Å². The number of aromatic nitrogens is 2. The Hall–Kier alpha value is -1.20. The molecule has 5 heteroatoms. The third kappa shape index (κ3) is 3.04. The molecule has 106 valence electrons. The normalized spacial score (nSPS) is 22.4. The zero-order valence-electron chi connectivity index (χ0n) is 12.4. The Bertz CT molecular complexity index is 497. The Kier molecular flexibility index (Phi) is 4.37. The molecular formula is C14H24N4O. The van der Waals surface area contributed by atoms with Crippen molar-refractivity contribution in [3.05, 3.63) is 27.4 Å². The standard InChI is InChI=1S/C14H24N4O/c1-5-11-10(2)15-13(16-14(11)19)12-9-17(3)7-6-8-18(12)4/h12H,5-9H2,1-4H3,(H,15,16,19).